The number of aryl methyl sites for hydroxylation is 1. The third kappa shape index (κ3) is 3.57. The van der Waals surface area contributed by atoms with Gasteiger partial charge < -0.3 is 10.1 Å². The predicted octanol–water partition coefficient (Wildman–Crippen LogP) is 2.60. The van der Waals surface area contributed by atoms with Crippen LogP contribution in [0.3, 0.4) is 0 Å². The summed E-state index contributed by atoms with van der Waals surface area (Å²) in [5, 5.41) is 7.01. The fourth-order valence-electron chi connectivity index (χ4n) is 2.08. The Kier molecular flexibility index (Phi) is 4.60. The van der Waals surface area contributed by atoms with E-state index in [4.69, 9.17) is 4.74 Å². The molecule has 1 aromatic heterocycles. The molecule has 0 fully saturated rings. The predicted molar refractivity (Wildman–Crippen MR) is 96.4 cm³/mol. The maximum atomic E-state index is 12.6. The van der Waals surface area contributed by atoms with E-state index in [1.165, 1.54) is 12.1 Å². The van der Waals surface area contributed by atoms with E-state index in [0.717, 1.165) is 16.9 Å². The summed E-state index contributed by atoms with van der Waals surface area (Å²) in [4.78, 5) is 11.4. The average Bonchev–Trinajstić information content (AvgIpc) is 2.97. The van der Waals surface area contributed by atoms with Gasteiger partial charge in [-0.3, -0.25) is 4.79 Å². The Labute approximate surface area is 148 Å². The van der Waals surface area contributed by atoms with Crippen LogP contribution in [-0.2, 0) is 10.0 Å². The molecule has 25 heavy (non-hydrogen) atoms. The van der Waals surface area contributed by atoms with Gasteiger partial charge in [0.05, 0.1) is 12.0 Å². The van der Waals surface area contributed by atoms with Crippen molar-refractivity contribution in [3.63, 3.8) is 0 Å². The summed E-state index contributed by atoms with van der Waals surface area (Å²) >= 11 is 0.719. The number of ether oxygens (including phenoxy) is 1. The Morgan fingerprint density at radius 2 is 1.72 bits per heavy atom. The Balaban J connectivity index is 1.91. The SMILES string of the molecule is COc1ccc(Nc2nn(S(=O)(=O)c3ccc(C)cc3)c(=O)s2)cc1. The summed E-state index contributed by atoms with van der Waals surface area (Å²) in [6, 6.07) is 13.2. The highest BCUT2D eigenvalue weighted by atomic mass is 32.2. The molecule has 7 nitrogen and oxygen atoms in total. The van der Waals surface area contributed by atoms with Crippen molar-refractivity contribution in [1.82, 2.24) is 9.19 Å². The lowest BCUT2D eigenvalue weighted by Crippen LogP contribution is -2.24. The first kappa shape index (κ1) is 17.2. The van der Waals surface area contributed by atoms with Crippen LogP contribution in [0.1, 0.15) is 5.56 Å². The molecule has 1 N–H and O–H groups in total. The van der Waals surface area contributed by atoms with E-state index >= 15 is 0 Å². The van der Waals surface area contributed by atoms with Gasteiger partial charge >= 0.3 is 4.87 Å². The Morgan fingerprint density at radius 1 is 1.08 bits per heavy atom. The topological polar surface area (TPSA) is 90.3 Å². The standard InChI is InChI=1S/C16H15N3O4S2/c1-11-3-9-14(10-4-11)25(21,22)19-16(20)24-15(18-19)17-12-5-7-13(23-2)8-6-12/h3-10H,1-2H3,(H,17,18). The van der Waals surface area contributed by atoms with Crippen molar-refractivity contribution in [1.29, 1.82) is 0 Å². The van der Waals surface area contributed by atoms with Crippen LogP contribution >= 0.6 is 11.3 Å². The molecule has 3 aromatic rings. The maximum absolute atomic E-state index is 12.6. The number of aromatic nitrogens is 2. The second-order valence-corrected chi connectivity index (χ2v) is 7.90. The molecule has 0 spiro atoms. The lowest BCUT2D eigenvalue weighted by molar-refractivity contribution is 0.415. The third-order valence-corrected chi connectivity index (χ3v) is 5.82. The molecule has 0 amide bonds. The van der Waals surface area contributed by atoms with E-state index in [1.54, 1.807) is 43.5 Å². The number of hydrogen-bond acceptors (Lipinski definition) is 7. The second kappa shape index (κ2) is 6.69. The molecule has 0 atom stereocenters. The van der Waals surface area contributed by atoms with Crippen LogP contribution in [0, 0.1) is 6.92 Å². The fourth-order valence-corrected chi connectivity index (χ4v) is 4.17. The van der Waals surface area contributed by atoms with Gasteiger partial charge in [0.25, 0.3) is 10.0 Å². The number of methoxy groups -OCH3 is 1. The van der Waals surface area contributed by atoms with Gasteiger partial charge in [-0.2, -0.15) is 8.42 Å². The van der Waals surface area contributed by atoms with Crippen LogP contribution in [0.15, 0.2) is 58.2 Å². The van der Waals surface area contributed by atoms with Crippen molar-refractivity contribution in [3.8, 4) is 5.75 Å². The lowest BCUT2D eigenvalue weighted by Gasteiger charge is -2.04. The molecule has 0 aliphatic rings. The van der Waals surface area contributed by atoms with Gasteiger partial charge in [0.15, 0.2) is 0 Å². The minimum atomic E-state index is -4.03. The number of nitrogens with zero attached hydrogens (tertiary/aromatic N) is 2. The first-order valence-electron chi connectivity index (χ1n) is 7.23. The molecule has 9 heteroatoms. The average molecular weight is 377 g/mol. The molecule has 0 aliphatic heterocycles. The van der Waals surface area contributed by atoms with E-state index in [1.807, 2.05) is 6.92 Å². The van der Waals surface area contributed by atoms with E-state index in [9.17, 15) is 13.2 Å². The molecule has 0 bridgehead atoms. The van der Waals surface area contributed by atoms with Gasteiger partial charge in [0.1, 0.15) is 5.75 Å². The summed E-state index contributed by atoms with van der Waals surface area (Å²) in [6.07, 6.45) is 0. The highest BCUT2D eigenvalue weighted by Gasteiger charge is 2.22. The molecule has 0 saturated heterocycles. The number of hydrogen-bond donors (Lipinski definition) is 1. The Hall–Kier alpha value is -2.65. The van der Waals surface area contributed by atoms with Crippen LogP contribution in [0.4, 0.5) is 10.8 Å². The van der Waals surface area contributed by atoms with E-state index in [2.05, 4.69) is 10.4 Å². The smallest absolute Gasteiger partial charge is 0.341 e. The summed E-state index contributed by atoms with van der Waals surface area (Å²) in [6.45, 7) is 1.85. The molecule has 3 rings (SSSR count). The van der Waals surface area contributed by atoms with Crippen LogP contribution < -0.4 is 14.9 Å². The lowest BCUT2D eigenvalue weighted by atomic mass is 10.2. The molecule has 0 aliphatic carbocycles. The Morgan fingerprint density at radius 3 is 2.32 bits per heavy atom. The van der Waals surface area contributed by atoms with Gasteiger partial charge in [-0.1, -0.05) is 17.7 Å². The van der Waals surface area contributed by atoms with Crippen molar-refractivity contribution < 1.29 is 13.2 Å². The molecule has 0 saturated carbocycles. The van der Waals surface area contributed by atoms with Crippen molar-refractivity contribution in [3.05, 3.63) is 63.8 Å². The summed E-state index contributed by atoms with van der Waals surface area (Å²) in [7, 11) is -2.46. The molecule has 0 radical (unpaired) electrons. The molecule has 130 valence electrons. The normalized spacial score (nSPS) is 11.3. The molecular formula is C16H15N3O4S2. The second-order valence-electron chi connectivity index (χ2n) is 5.19. The van der Waals surface area contributed by atoms with Crippen molar-refractivity contribution in [2.45, 2.75) is 11.8 Å². The minimum absolute atomic E-state index is 0.0153. The first-order valence-corrected chi connectivity index (χ1v) is 9.49. The van der Waals surface area contributed by atoms with Crippen LogP contribution in [0.5, 0.6) is 5.75 Å². The van der Waals surface area contributed by atoms with E-state index in [-0.39, 0.29) is 10.0 Å². The van der Waals surface area contributed by atoms with Gasteiger partial charge in [0.2, 0.25) is 5.13 Å². The van der Waals surface area contributed by atoms with Crippen LogP contribution in [-0.4, -0.2) is 24.7 Å². The number of rotatable bonds is 5. The highest BCUT2D eigenvalue weighted by Crippen LogP contribution is 2.21. The van der Waals surface area contributed by atoms with Crippen LogP contribution in [0.25, 0.3) is 0 Å². The molecule has 1 heterocycles. The quantitative estimate of drug-likeness (QED) is 0.735. The fraction of sp³-hybridized carbons (Fsp3) is 0.125. The van der Waals surface area contributed by atoms with Crippen molar-refractivity contribution >= 4 is 32.2 Å². The first-order chi connectivity index (χ1) is 11.9. The molecule has 2 aromatic carbocycles. The number of anilines is 2. The number of nitrogens with one attached hydrogen (secondary N) is 1. The van der Waals surface area contributed by atoms with E-state index < -0.39 is 14.9 Å². The van der Waals surface area contributed by atoms with Gasteiger partial charge in [0, 0.05) is 5.69 Å². The van der Waals surface area contributed by atoms with Gasteiger partial charge in [-0.25, -0.2) is 0 Å². The molecular weight excluding hydrogens is 362 g/mol. The van der Waals surface area contributed by atoms with E-state index in [0.29, 0.717) is 15.5 Å². The highest BCUT2D eigenvalue weighted by molar-refractivity contribution is 7.90. The summed E-state index contributed by atoms with van der Waals surface area (Å²) in [5.41, 5.74) is 1.58. The largest absolute Gasteiger partial charge is 0.497 e. The zero-order chi connectivity index (χ0) is 18.0. The Bertz CT molecular complexity index is 1040. The zero-order valence-electron chi connectivity index (χ0n) is 13.5. The third-order valence-electron chi connectivity index (χ3n) is 3.41. The van der Waals surface area contributed by atoms with Crippen molar-refractivity contribution in [2.24, 2.45) is 0 Å². The van der Waals surface area contributed by atoms with Gasteiger partial charge in [-0.05, 0) is 54.7 Å². The summed E-state index contributed by atoms with van der Waals surface area (Å²) in [5.74, 6) is 0.686. The zero-order valence-corrected chi connectivity index (χ0v) is 15.1. The van der Waals surface area contributed by atoms with Crippen LogP contribution in [0.2, 0.25) is 0 Å². The monoisotopic (exact) mass is 377 g/mol. The maximum Gasteiger partial charge on any atom is 0.341 e. The minimum Gasteiger partial charge on any atom is -0.497 e. The van der Waals surface area contributed by atoms with Gasteiger partial charge in [-0.15, -0.1) is 9.19 Å². The van der Waals surface area contributed by atoms with Crippen molar-refractivity contribution in [2.75, 3.05) is 12.4 Å². The number of benzene rings is 2. The summed E-state index contributed by atoms with van der Waals surface area (Å²) < 4.78 is 30.7. The molecule has 0 unspecified atom stereocenters.